The Hall–Kier alpha value is -0.130. The van der Waals surface area contributed by atoms with E-state index in [2.05, 4.69) is 28.2 Å². The minimum absolute atomic E-state index is 0.0883. The second-order valence-corrected chi connectivity index (χ2v) is 5.68. The third kappa shape index (κ3) is 4.86. The lowest BCUT2D eigenvalue weighted by Gasteiger charge is -2.23. The third-order valence-corrected chi connectivity index (χ3v) is 3.78. The monoisotopic (exact) mass is 334 g/mol. The number of nitrogens with one attached hydrogen (secondary N) is 1. The van der Waals surface area contributed by atoms with Crippen molar-refractivity contribution in [1.82, 2.24) is 5.32 Å². The molecule has 2 atom stereocenters. The smallest absolute Gasteiger partial charge is 0.0457 e. The predicted octanol–water partition coefficient (Wildman–Crippen LogP) is 2.85. The molecule has 1 aromatic carbocycles. The molecule has 0 fully saturated rings. The summed E-state index contributed by atoms with van der Waals surface area (Å²) in [6, 6.07) is 6.12. The molecule has 0 bridgehead atoms. The number of aliphatic hydroxyl groups excluding tert-OH is 1. The van der Waals surface area contributed by atoms with E-state index in [0.29, 0.717) is 17.6 Å². The lowest BCUT2D eigenvalue weighted by atomic mass is 10.0. The van der Waals surface area contributed by atoms with Gasteiger partial charge >= 0.3 is 0 Å². The van der Waals surface area contributed by atoms with Crippen molar-refractivity contribution in [3.8, 4) is 0 Å². The van der Waals surface area contributed by atoms with E-state index in [1.165, 1.54) is 0 Å². The van der Waals surface area contributed by atoms with Gasteiger partial charge in [0, 0.05) is 34.7 Å². The van der Waals surface area contributed by atoms with Gasteiger partial charge in [-0.2, -0.15) is 0 Å². The Labute approximate surface area is 122 Å². The highest BCUT2D eigenvalue weighted by molar-refractivity contribution is 9.10. The zero-order valence-electron chi connectivity index (χ0n) is 10.5. The summed E-state index contributed by atoms with van der Waals surface area (Å²) in [4.78, 5) is 0. The molecule has 2 unspecified atom stereocenters. The molecule has 4 N–H and O–H groups in total. The molecular weight excluding hydrogens is 316 g/mol. The summed E-state index contributed by atoms with van der Waals surface area (Å²) in [5.41, 5.74) is 6.93. The van der Waals surface area contributed by atoms with E-state index < -0.39 is 0 Å². The van der Waals surface area contributed by atoms with E-state index in [4.69, 9.17) is 22.4 Å². The molecule has 0 aromatic heterocycles. The molecule has 1 rings (SSSR count). The van der Waals surface area contributed by atoms with Crippen molar-refractivity contribution in [2.75, 3.05) is 13.2 Å². The first-order chi connectivity index (χ1) is 8.58. The predicted molar refractivity (Wildman–Crippen MR) is 79.9 cm³/mol. The van der Waals surface area contributed by atoms with Gasteiger partial charge in [0.1, 0.15) is 0 Å². The second-order valence-electron chi connectivity index (χ2n) is 4.39. The van der Waals surface area contributed by atoms with Crippen molar-refractivity contribution in [1.29, 1.82) is 0 Å². The van der Waals surface area contributed by atoms with Crippen molar-refractivity contribution >= 4 is 27.5 Å². The lowest BCUT2D eigenvalue weighted by Crippen LogP contribution is -2.35. The summed E-state index contributed by atoms with van der Waals surface area (Å²) in [5, 5.41) is 13.0. The molecule has 0 aliphatic heterocycles. The van der Waals surface area contributed by atoms with Gasteiger partial charge in [-0.3, -0.25) is 0 Å². The summed E-state index contributed by atoms with van der Waals surface area (Å²) in [7, 11) is 0. The van der Waals surface area contributed by atoms with Gasteiger partial charge in [0.05, 0.1) is 0 Å². The van der Waals surface area contributed by atoms with Crippen LogP contribution in [0.3, 0.4) is 0 Å². The van der Waals surface area contributed by atoms with Gasteiger partial charge in [0.15, 0.2) is 0 Å². The molecular formula is C13H20BrClN2O. The summed E-state index contributed by atoms with van der Waals surface area (Å²) in [5.74, 6) is 0. The Morgan fingerprint density at radius 2 is 2.22 bits per heavy atom. The zero-order chi connectivity index (χ0) is 13.5. The van der Waals surface area contributed by atoms with E-state index in [9.17, 15) is 0 Å². The van der Waals surface area contributed by atoms with Gasteiger partial charge in [-0.05, 0) is 37.5 Å². The van der Waals surface area contributed by atoms with Gasteiger partial charge in [-0.15, -0.1) is 0 Å². The summed E-state index contributed by atoms with van der Waals surface area (Å²) < 4.78 is 0.965. The van der Waals surface area contributed by atoms with Crippen LogP contribution in [0, 0.1) is 0 Å². The van der Waals surface area contributed by atoms with E-state index >= 15 is 0 Å². The fourth-order valence-corrected chi connectivity index (χ4v) is 2.85. The first-order valence-electron chi connectivity index (χ1n) is 6.10. The minimum Gasteiger partial charge on any atom is -0.396 e. The fourth-order valence-electron chi connectivity index (χ4n) is 1.89. The van der Waals surface area contributed by atoms with Gasteiger partial charge in [-0.1, -0.05) is 33.6 Å². The van der Waals surface area contributed by atoms with E-state index in [-0.39, 0.29) is 12.6 Å². The number of benzene rings is 1. The molecule has 0 aliphatic rings. The fraction of sp³-hybridized carbons (Fsp3) is 0.538. The molecule has 102 valence electrons. The van der Waals surface area contributed by atoms with Crippen LogP contribution in [0.4, 0.5) is 0 Å². The SMILES string of the molecule is CC(CCCO)NC(CN)c1ccc(Cl)cc1Br. The van der Waals surface area contributed by atoms with Crippen molar-refractivity contribution in [2.24, 2.45) is 5.73 Å². The first-order valence-corrected chi connectivity index (χ1v) is 7.27. The molecule has 0 saturated carbocycles. The Bertz CT molecular complexity index is 376. The van der Waals surface area contributed by atoms with E-state index in [1.54, 1.807) is 0 Å². The number of rotatable bonds is 7. The van der Waals surface area contributed by atoms with E-state index in [1.807, 2.05) is 18.2 Å². The van der Waals surface area contributed by atoms with Crippen molar-refractivity contribution in [3.05, 3.63) is 33.3 Å². The molecule has 0 aliphatic carbocycles. The molecule has 1 aromatic rings. The molecule has 5 heteroatoms. The number of halogens is 2. The Morgan fingerprint density at radius 3 is 2.78 bits per heavy atom. The second kappa shape index (κ2) is 8.12. The number of aliphatic hydroxyl groups is 1. The molecule has 0 spiro atoms. The summed E-state index contributed by atoms with van der Waals surface area (Å²) >= 11 is 9.44. The summed E-state index contributed by atoms with van der Waals surface area (Å²) in [6.07, 6.45) is 1.73. The quantitative estimate of drug-likeness (QED) is 0.718. The molecule has 0 amide bonds. The van der Waals surface area contributed by atoms with Gasteiger partial charge in [0.25, 0.3) is 0 Å². The van der Waals surface area contributed by atoms with Crippen LogP contribution in [0.2, 0.25) is 5.02 Å². The topological polar surface area (TPSA) is 58.3 Å². The average molecular weight is 336 g/mol. The maximum Gasteiger partial charge on any atom is 0.0457 e. The van der Waals surface area contributed by atoms with Crippen LogP contribution in [-0.2, 0) is 0 Å². The van der Waals surface area contributed by atoms with Crippen LogP contribution in [0.1, 0.15) is 31.4 Å². The van der Waals surface area contributed by atoms with Crippen molar-refractivity contribution in [3.63, 3.8) is 0 Å². The van der Waals surface area contributed by atoms with Gasteiger partial charge in [0.2, 0.25) is 0 Å². The Kier molecular flexibility index (Phi) is 7.19. The highest BCUT2D eigenvalue weighted by Crippen LogP contribution is 2.26. The molecule has 0 radical (unpaired) electrons. The number of hydrogen-bond acceptors (Lipinski definition) is 3. The number of hydrogen-bond donors (Lipinski definition) is 3. The van der Waals surface area contributed by atoms with Crippen LogP contribution >= 0.6 is 27.5 Å². The standard InChI is InChI=1S/C13H20BrClN2O/c1-9(3-2-6-18)17-13(8-16)11-5-4-10(15)7-12(11)14/h4-5,7,9,13,17-18H,2-3,6,8,16H2,1H3. The van der Waals surface area contributed by atoms with Crippen LogP contribution in [0.5, 0.6) is 0 Å². The summed E-state index contributed by atoms with van der Waals surface area (Å²) in [6.45, 7) is 2.84. The van der Waals surface area contributed by atoms with Gasteiger partial charge in [-0.25, -0.2) is 0 Å². The van der Waals surface area contributed by atoms with Crippen LogP contribution in [0.15, 0.2) is 22.7 Å². The normalized spacial score (nSPS) is 14.5. The maximum atomic E-state index is 8.82. The molecule has 3 nitrogen and oxygen atoms in total. The highest BCUT2D eigenvalue weighted by atomic mass is 79.9. The van der Waals surface area contributed by atoms with Crippen LogP contribution in [0.25, 0.3) is 0 Å². The largest absolute Gasteiger partial charge is 0.396 e. The first kappa shape index (κ1) is 15.9. The third-order valence-electron chi connectivity index (χ3n) is 2.85. The van der Waals surface area contributed by atoms with E-state index in [0.717, 1.165) is 22.9 Å². The van der Waals surface area contributed by atoms with Gasteiger partial charge < -0.3 is 16.2 Å². The molecule has 18 heavy (non-hydrogen) atoms. The lowest BCUT2D eigenvalue weighted by molar-refractivity contribution is 0.274. The maximum absolute atomic E-state index is 8.82. The average Bonchev–Trinajstić information content (AvgIpc) is 2.34. The number of nitrogens with two attached hydrogens (primary N) is 1. The van der Waals surface area contributed by atoms with Crippen LogP contribution < -0.4 is 11.1 Å². The Balaban J connectivity index is 2.70. The Morgan fingerprint density at radius 1 is 1.50 bits per heavy atom. The van der Waals surface area contributed by atoms with Crippen molar-refractivity contribution < 1.29 is 5.11 Å². The minimum atomic E-state index is 0.0883. The van der Waals surface area contributed by atoms with Crippen molar-refractivity contribution in [2.45, 2.75) is 31.8 Å². The zero-order valence-corrected chi connectivity index (χ0v) is 12.8. The van der Waals surface area contributed by atoms with Crippen LogP contribution in [-0.4, -0.2) is 24.3 Å². The molecule has 0 heterocycles. The molecule has 0 saturated heterocycles. The highest BCUT2D eigenvalue weighted by Gasteiger charge is 2.15.